The van der Waals surface area contributed by atoms with E-state index in [0.29, 0.717) is 16.7 Å². The van der Waals surface area contributed by atoms with Crippen LogP contribution >= 0.6 is 23.8 Å². The number of hydrogen-bond donors (Lipinski definition) is 2. The van der Waals surface area contributed by atoms with Gasteiger partial charge in [-0.3, -0.25) is 0 Å². The molecule has 0 radical (unpaired) electrons. The van der Waals surface area contributed by atoms with E-state index in [9.17, 15) is 0 Å². The van der Waals surface area contributed by atoms with Crippen LogP contribution in [-0.4, -0.2) is 17.8 Å². The summed E-state index contributed by atoms with van der Waals surface area (Å²) in [5.41, 5.74) is 0.858. The maximum Gasteiger partial charge on any atom is 0.171 e. The molecule has 0 heterocycles. The molecule has 0 unspecified atom stereocenters. The van der Waals surface area contributed by atoms with Crippen LogP contribution in [0.3, 0.4) is 0 Å². The largest absolute Gasteiger partial charge is 0.491 e. The van der Waals surface area contributed by atoms with Gasteiger partial charge >= 0.3 is 0 Å². The molecule has 0 aromatic heterocycles. The van der Waals surface area contributed by atoms with Crippen LogP contribution < -0.4 is 15.4 Å². The summed E-state index contributed by atoms with van der Waals surface area (Å²) < 4.78 is 5.67. The van der Waals surface area contributed by atoms with Crippen LogP contribution in [0.15, 0.2) is 54.6 Å². The van der Waals surface area contributed by atoms with Crippen molar-refractivity contribution in [3.8, 4) is 5.75 Å². The van der Waals surface area contributed by atoms with E-state index < -0.39 is 0 Å². The van der Waals surface area contributed by atoms with E-state index in [2.05, 4.69) is 10.6 Å². The molecule has 0 aliphatic rings. The van der Waals surface area contributed by atoms with Gasteiger partial charge in [-0.25, -0.2) is 0 Å². The summed E-state index contributed by atoms with van der Waals surface area (Å²) in [5, 5.41) is 7.48. The summed E-state index contributed by atoms with van der Waals surface area (Å²) in [6, 6.07) is 17.2. The average molecular weight is 321 g/mol. The van der Waals surface area contributed by atoms with E-state index in [-0.39, 0.29) is 6.04 Å². The Labute approximate surface area is 135 Å². The molecule has 5 heteroatoms. The fraction of sp³-hybridized carbons (Fsp3) is 0.188. The topological polar surface area (TPSA) is 33.3 Å². The number of thiocarbonyl (C=S) groups is 1. The van der Waals surface area contributed by atoms with Crippen molar-refractivity contribution in [3.63, 3.8) is 0 Å². The predicted molar refractivity (Wildman–Crippen MR) is 92.2 cm³/mol. The van der Waals surface area contributed by atoms with Gasteiger partial charge in [-0.1, -0.05) is 35.9 Å². The molecule has 2 N–H and O–H groups in total. The summed E-state index contributed by atoms with van der Waals surface area (Å²) in [5.74, 6) is 0.847. The lowest BCUT2D eigenvalue weighted by Crippen LogP contribution is -2.39. The highest BCUT2D eigenvalue weighted by atomic mass is 35.5. The Morgan fingerprint density at radius 3 is 2.67 bits per heavy atom. The number of para-hydroxylation sites is 1. The summed E-state index contributed by atoms with van der Waals surface area (Å²) in [6.07, 6.45) is 0. The van der Waals surface area contributed by atoms with Crippen molar-refractivity contribution >= 4 is 34.6 Å². The molecule has 2 aromatic carbocycles. The molecule has 0 saturated carbocycles. The van der Waals surface area contributed by atoms with Crippen LogP contribution in [0, 0.1) is 0 Å². The van der Waals surface area contributed by atoms with Crippen LogP contribution in [0.1, 0.15) is 6.92 Å². The molecule has 0 saturated heterocycles. The van der Waals surface area contributed by atoms with Gasteiger partial charge in [0.15, 0.2) is 5.11 Å². The zero-order valence-electron chi connectivity index (χ0n) is 11.7. The first-order valence-corrected chi connectivity index (χ1v) is 7.43. The first kappa shape index (κ1) is 15.6. The fourth-order valence-corrected chi connectivity index (χ4v) is 2.25. The summed E-state index contributed by atoms with van der Waals surface area (Å²) in [6.45, 7) is 2.54. The molecular weight excluding hydrogens is 304 g/mol. The van der Waals surface area contributed by atoms with E-state index in [4.69, 9.17) is 28.6 Å². The first-order chi connectivity index (χ1) is 10.1. The number of benzene rings is 2. The van der Waals surface area contributed by atoms with Crippen molar-refractivity contribution in [2.24, 2.45) is 0 Å². The molecule has 0 aliphatic carbocycles. The third-order valence-electron chi connectivity index (χ3n) is 2.70. The highest BCUT2D eigenvalue weighted by Gasteiger charge is 2.05. The number of ether oxygens (including phenoxy) is 1. The van der Waals surface area contributed by atoms with Gasteiger partial charge in [0.05, 0.1) is 6.04 Å². The summed E-state index contributed by atoms with van der Waals surface area (Å²) in [4.78, 5) is 0. The molecule has 110 valence electrons. The maximum atomic E-state index is 5.93. The van der Waals surface area contributed by atoms with Gasteiger partial charge in [-0.15, -0.1) is 0 Å². The smallest absolute Gasteiger partial charge is 0.171 e. The van der Waals surface area contributed by atoms with Crippen molar-refractivity contribution in [3.05, 3.63) is 59.6 Å². The molecule has 0 bridgehead atoms. The third kappa shape index (κ3) is 5.61. The van der Waals surface area contributed by atoms with Gasteiger partial charge in [0.25, 0.3) is 0 Å². The molecule has 0 aliphatic heterocycles. The van der Waals surface area contributed by atoms with E-state index in [1.807, 2.05) is 61.5 Å². The number of anilines is 1. The van der Waals surface area contributed by atoms with Crippen LogP contribution in [0.5, 0.6) is 5.75 Å². The quantitative estimate of drug-likeness (QED) is 0.813. The Bertz CT molecular complexity index is 592. The standard InChI is InChI=1S/C16H17ClN2OS/c1-12(11-20-15-8-3-2-4-9-15)18-16(21)19-14-7-5-6-13(17)10-14/h2-10,12H,11H2,1H3,(H2,18,19,21)/t12-/m0/s1. The number of nitrogens with one attached hydrogen (secondary N) is 2. The Hall–Kier alpha value is -1.78. The van der Waals surface area contributed by atoms with Crippen molar-refractivity contribution in [1.82, 2.24) is 5.32 Å². The van der Waals surface area contributed by atoms with E-state index in [1.54, 1.807) is 0 Å². The lowest BCUT2D eigenvalue weighted by atomic mass is 10.3. The highest BCUT2D eigenvalue weighted by Crippen LogP contribution is 2.14. The monoisotopic (exact) mass is 320 g/mol. The van der Waals surface area contributed by atoms with Gasteiger partial charge in [0.1, 0.15) is 12.4 Å². The fourth-order valence-electron chi connectivity index (χ4n) is 1.74. The SMILES string of the molecule is C[C@@H](COc1ccccc1)NC(=S)Nc1cccc(Cl)c1. The van der Waals surface area contributed by atoms with E-state index in [1.165, 1.54) is 0 Å². The minimum absolute atomic E-state index is 0.0874. The van der Waals surface area contributed by atoms with Crippen molar-refractivity contribution < 1.29 is 4.74 Å². The molecular formula is C16H17ClN2OS. The van der Waals surface area contributed by atoms with Crippen molar-refractivity contribution in [2.75, 3.05) is 11.9 Å². The maximum absolute atomic E-state index is 5.93. The molecule has 0 spiro atoms. The molecule has 21 heavy (non-hydrogen) atoms. The van der Waals surface area contributed by atoms with Crippen LogP contribution in [0.2, 0.25) is 5.02 Å². The zero-order chi connectivity index (χ0) is 15.1. The van der Waals surface area contributed by atoms with Crippen LogP contribution in [-0.2, 0) is 0 Å². The van der Waals surface area contributed by atoms with Gasteiger partial charge in [-0.2, -0.15) is 0 Å². The van der Waals surface area contributed by atoms with Gasteiger partial charge in [-0.05, 0) is 49.5 Å². The van der Waals surface area contributed by atoms with E-state index in [0.717, 1.165) is 11.4 Å². The zero-order valence-corrected chi connectivity index (χ0v) is 13.2. The van der Waals surface area contributed by atoms with Gasteiger partial charge in [0, 0.05) is 10.7 Å². The minimum atomic E-state index is 0.0874. The number of halogens is 1. The Balaban J connectivity index is 1.77. The van der Waals surface area contributed by atoms with Crippen molar-refractivity contribution in [1.29, 1.82) is 0 Å². The second kappa shape index (κ2) is 7.86. The van der Waals surface area contributed by atoms with E-state index >= 15 is 0 Å². The minimum Gasteiger partial charge on any atom is -0.491 e. The van der Waals surface area contributed by atoms with Gasteiger partial charge in [0.2, 0.25) is 0 Å². The lowest BCUT2D eigenvalue weighted by Gasteiger charge is -2.17. The van der Waals surface area contributed by atoms with Crippen molar-refractivity contribution in [2.45, 2.75) is 13.0 Å². The average Bonchev–Trinajstić information content (AvgIpc) is 2.46. The van der Waals surface area contributed by atoms with Crippen LogP contribution in [0.4, 0.5) is 5.69 Å². The molecule has 0 fully saturated rings. The summed E-state index contributed by atoms with van der Waals surface area (Å²) in [7, 11) is 0. The number of hydrogen-bond acceptors (Lipinski definition) is 2. The normalized spacial score (nSPS) is 11.5. The van der Waals surface area contributed by atoms with Crippen LogP contribution in [0.25, 0.3) is 0 Å². The molecule has 3 nitrogen and oxygen atoms in total. The predicted octanol–water partition coefficient (Wildman–Crippen LogP) is 4.09. The molecule has 2 rings (SSSR count). The second-order valence-electron chi connectivity index (χ2n) is 4.63. The Morgan fingerprint density at radius 2 is 1.95 bits per heavy atom. The third-order valence-corrected chi connectivity index (χ3v) is 3.16. The molecule has 2 aromatic rings. The summed E-state index contributed by atoms with van der Waals surface area (Å²) >= 11 is 11.2. The Kier molecular flexibility index (Phi) is 5.84. The molecule has 0 amide bonds. The second-order valence-corrected chi connectivity index (χ2v) is 5.48. The Morgan fingerprint density at radius 1 is 1.19 bits per heavy atom. The number of rotatable bonds is 5. The first-order valence-electron chi connectivity index (χ1n) is 6.64. The lowest BCUT2D eigenvalue weighted by molar-refractivity contribution is 0.287. The highest BCUT2D eigenvalue weighted by molar-refractivity contribution is 7.80. The van der Waals surface area contributed by atoms with Gasteiger partial charge < -0.3 is 15.4 Å². The molecule has 1 atom stereocenters.